The lowest BCUT2D eigenvalue weighted by atomic mass is 10.3. The fourth-order valence-electron chi connectivity index (χ4n) is 1.98. The van der Waals surface area contributed by atoms with Crippen LogP contribution in [0.1, 0.15) is 18.4 Å². The first kappa shape index (κ1) is 20.3. The van der Waals surface area contributed by atoms with Gasteiger partial charge in [-0.3, -0.25) is 14.9 Å². The van der Waals surface area contributed by atoms with E-state index in [2.05, 4.69) is 10.6 Å². The van der Waals surface area contributed by atoms with Crippen molar-refractivity contribution in [2.75, 3.05) is 5.32 Å². The molecule has 0 bridgehead atoms. The predicted octanol–water partition coefficient (Wildman–Crippen LogP) is 1.94. The number of anilines is 1. The van der Waals surface area contributed by atoms with Crippen LogP contribution in [0.15, 0.2) is 51.8 Å². The summed E-state index contributed by atoms with van der Waals surface area (Å²) < 4.78 is 30.9. The van der Waals surface area contributed by atoms with Crippen LogP contribution in [0.3, 0.4) is 0 Å². The largest absolute Gasteiger partial charge is 0.462 e. The zero-order valence-electron chi connectivity index (χ0n) is 14.5. The highest BCUT2D eigenvalue weighted by molar-refractivity contribution is 7.90. The number of rotatable bonds is 5. The molecule has 0 aliphatic heterocycles. The number of sulfonamides is 1. The fraction of sp³-hybridized carbons (Fsp3) is 0.118. The molecule has 8 nitrogen and oxygen atoms in total. The van der Waals surface area contributed by atoms with Crippen LogP contribution in [0.5, 0.6) is 0 Å². The van der Waals surface area contributed by atoms with Crippen molar-refractivity contribution in [3.05, 3.63) is 54.0 Å². The number of furan rings is 1. The number of thiocarbonyl (C=S) groups is 1. The minimum absolute atomic E-state index is 0.0396. The maximum absolute atomic E-state index is 11.9. The Morgan fingerprint density at radius 3 is 2.33 bits per heavy atom. The first-order valence-corrected chi connectivity index (χ1v) is 9.55. The third kappa shape index (κ3) is 6.35. The molecule has 0 fully saturated rings. The van der Waals surface area contributed by atoms with Gasteiger partial charge in [0, 0.05) is 18.7 Å². The average molecular weight is 407 g/mol. The van der Waals surface area contributed by atoms with Gasteiger partial charge in [0.1, 0.15) is 11.5 Å². The van der Waals surface area contributed by atoms with Crippen LogP contribution in [-0.2, 0) is 19.6 Å². The number of amides is 2. The first-order valence-electron chi connectivity index (χ1n) is 7.65. The maximum Gasteiger partial charge on any atom is 0.264 e. The highest BCUT2D eigenvalue weighted by atomic mass is 32.2. The smallest absolute Gasteiger partial charge is 0.264 e. The van der Waals surface area contributed by atoms with Crippen LogP contribution in [0.25, 0.3) is 6.08 Å². The lowest BCUT2D eigenvalue weighted by Crippen LogP contribution is -2.32. The van der Waals surface area contributed by atoms with Gasteiger partial charge in [-0.15, -0.1) is 0 Å². The number of hydrogen-bond acceptors (Lipinski definition) is 6. The molecule has 1 aromatic carbocycles. The molecule has 0 spiro atoms. The summed E-state index contributed by atoms with van der Waals surface area (Å²) in [6.07, 6.45) is 2.78. The summed E-state index contributed by atoms with van der Waals surface area (Å²) >= 11 is 5.03. The quantitative estimate of drug-likeness (QED) is 0.512. The van der Waals surface area contributed by atoms with Gasteiger partial charge in [-0.05, 0) is 61.6 Å². The van der Waals surface area contributed by atoms with Crippen molar-refractivity contribution in [2.45, 2.75) is 18.7 Å². The van der Waals surface area contributed by atoms with E-state index in [9.17, 15) is 18.0 Å². The van der Waals surface area contributed by atoms with E-state index in [1.165, 1.54) is 36.4 Å². The van der Waals surface area contributed by atoms with Crippen LogP contribution in [-0.4, -0.2) is 25.3 Å². The topological polar surface area (TPSA) is 118 Å². The van der Waals surface area contributed by atoms with Crippen molar-refractivity contribution in [3.8, 4) is 0 Å². The summed E-state index contributed by atoms with van der Waals surface area (Å²) in [5.74, 6) is 0.138. The van der Waals surface area contributed by atoms with Crippen molar-refractivity contribution >= 4 is 50.9 Å². The molecule has 2 amide bonds. The molecule has 2 aromatic rings. The Bertz CT molecular complexity index is 992. The summed E-state index contributed by atoms with van der Waals surface area (Å²) in [6.45, 7) is 2.90. The fourth-order valence-corrected chi connectivity index (χ4v) is 3.19. The van der Waals surface area contributed by atoms with Crippen molar-refractivity contribution in [1.29, 1.82) is 0 Å². The van der Waals surface area contributed by atoms with Gasteiger partial charge in [0.2, 0.25) is 11.8 Å². The van der Waals surface area contributed by atoms with Gasteiger partial charge in [-0.2, -0.15) is 0 Å². The number of aryl methyl sites for hydroxylation is 1. The molecule has 0 radical (unpaired) electrons. The summed E-state index contributed by atoms with van der Waals surface area (Å²) in [6, 6.07) is 9.02. The van der Waals surface area contributed by atoms with Crippen LogP contribution < -0.4 is 15.4 Å². The Morgan fingerprint density at radius 1 is 1.11 bits per heavy atom. The van der Waals surface area contributed by atoms with Crippen LogP contribution >= 0.6 is 12.2 Å². The summed E-state index contributed by atoms with van der Waals surface area (Å²) in [4.78, 5) is 22.7. The van der Waals surface area contributed by atoms with E-state index in [-0.39, 0.29) is 10.0 Å². The number of hydrogen-bond donors (Lipinski definition) is 3. The van der Waals surface area contributed by atoms with Crippen LogP contribution in [0, 0.1) is 6.92 Å². The minimum atomic E-state index is -3.90. The molecule has 2 rings (SSSR count). The number of benzene rings is 1. The zero-order valence-corrected chi connectivity index (χ0v) is 16.1. The van der Waals surface area contributed by atoms with Crippen molar-refractivity contribution in [3.63, 3.8) is 0 Å². The molecular weight excluding hydrogens is 390 g/mol. The van der Waals surface area contributed by atoms with E-state index in [4.69, 9.17) is 16.6 Å². The molecule has 0 unspecified atom stereocenters. The number of carbonyl (C=O) groups is 2. The Morgan fingerprint density at radius 2 is 1.78 bits per heavy atom. The predicted molar refractivity (Wildman–Crippen MR) is 104 cm³/mol. The highest BCUT2D eigenvalue weighted by Gasteiger charge is 2.15. The summed E-state index contributed by atoms with van der Waals surface area (Å²) in [5, 5.41) is 5.25. The normalized spacial score (nSPS) is 11.2. The molecule has 1 aromatic heterocycles. The Labute approximate surface area is 161 Å². The van der Waals surface area contributed by atoms with Gasteiger partial charge >= 0.3 is 0 Å². The summed E-state index contributed by atoms with van der Waals surface area (Å²) in [5.41, 5.74) is 0.465. The van der Waals surface area contributed by atoms with Crippen molar-refractivity contribution in [1.82, 2.24) is 10.0 Å². The molecule has 0 saturated heterocycles. The second-order valence-corrected chi connectivity index (χ2v) is 7.50. The molecule has 10 heteroatoms. The van der Waals surface area contributed by atoms with Crippen LogP contribution in [0.2, 0.25) is 0 Å². The Kier molecular flexibility index (Phi) is 6.48. The van der Waals surface area contributed by atoms with E-state index in [1.54, 1.807) is 19.1 Å². The van der Waals surface area contributed by atoms with E-state index >= 15 is 0 Å². The molecular formula is C17H17N3O5S2. The second kappa shape index (κ2) is 8.60. The molecule has 0 aliphatic carbocycles. The number of carbonyl (C=O) groups excluding carboxylic acids is 2. The lowest BCUT2D eigenvalue weighted by Gasteiger charge is -2.09. The molecule has 1 heterocycles. The summed E-state index contributed by atoms with van der Waals surface area (Å²) in [7, 11) is -3.90. The Hall–Kier alpha value is -2.98. The SMILES string of the molecule is CC(=O)NS(=O)(=O)c1ccc(NC(=S)NC(=O)C=Cc2ccc(C)o2)cc1. The second-order valence-electron chi connectivity index (χ2n) is 5.41. The van der Waals surface area contributed by atoms with Crippen LogP contribution in [0.4, 0.5) is 5.69 Å². The average Bonchev–Trinajstić information content (AvgIpc) is 2.97. The standard InChI is InChI=1S/C17H17N3O5S2/c1-11-3-6-14(25-11)7-10-16(22)19-17(26)18-13-4-8-15(9-5-13)27(23,24)20-12(2)21/h3-10H,1-2H3,(H,20,21)(H2,18,19,22,26). The maximum atomic E-state index is 11.9. The molecule has 0 atom stereocenters. The van der Waals surface area contributed by atoms with E-state index in [0.717, 1.165) is 12.7 Å². The monoisotopic (exact) mass is 407 g/mol. The van der Waals surface area contributed by atoms with Crippen molar-refractivity contribution < 1.29 is 22.4 Å². The van der Waals surface area contributed by atoms with Crippen molar-refractivity contribution in [2.24, 2.45) is 0 Å². The van der Waals surface area contributed by atoms with E-state index in [0.29, 0.717) is 11.4 Å². The van der Waals surface area contributed by atoms with Gasteiger partial charge in [0.25, 0.3) is 10.0 Å². The van der Waals surface area contributed by atoms with Gasteiger partial charge < -0.3 is 9.73 Å². The van der Waals surface area contributed by atoms with E-state index in [1.807, 2.05) is 4.72 Å². The van der Waals surface area contributed by atoms with Gasteiger partial charge in [0.05, 0.1) is 4.90 Å². The minimum Gasteiger partial charge on any atom is -0.462 e. The Balaban J connectivity index is 1.92. The molecule has 0 saturated carbocycles. The van der Waals surface area contributed by atoms with Gasteiger partial charge in [0.15, 0.2) is 5.11 Å². The van der Waals surface area contributed by atoms with Gasteiger partial charge in [-0.25, -0.2) is 13.1 Å². The molecule has 27 heavy (non-hydrogen) atoms. The number of nitrogens with one attached hydrogen (secondary N) is 3. The molecule has 0 aliphatic rings. The highest BCUT2D eigenvalue weighted by Crippen LogP contribution is 2.14. The van der Waals surface area contributed by atoms with E-state index < -0.39 is 21.8 Å². The molecule has 3 N–H and O–H groups in total. The zero-order chi connectivity index (χ0) is 20.0. The first-order chi connectivity index (χ1) is 12.7. The van der Waals surface area contributed by atoms with Gasteiger partial charge in [-0.1, -0.05) is 0 Å². The third-order valence-corrected chi connectivity index (χ3v) is 4.75. The molecule has 142 valence electrons. The lowest BCUT2D eigenvalue weighted by molar-refractivity contribution is -0.117. The third-order valence-electron chi connectivity index (χ3n) is 3.10.